The number of amides is 1. The van der Waals surface area contributed by atoms with Crippen LogP contribution < -0.4 is 10.6 Å². The van der Waals surface area contributed by atoms with Gasteiger partial charge in [0.05, 0.1) is 0 Å². The molecule has 1 aliphatic heterocycles. The maximum atomic E-state index is 12.5. The Morgan fingerprint density at radius 3 is 2.83 bits per heavy atom. The highest BCUT2D eigenvalue weighted by atomic mass is 16.1. The molecule has 0 spiro atoms. The van der Waals surface area contributed by atoms with Crippen molar-refractivity contribution < 1.29 is 4.79 Å². The predicted molar refractivity (Wildman–Crippen MR) is 96.2 cm³/mol. The lowest BCUT2D eigenvalue weighted by Gasteiger charge is -2.14. The van der Waals surface area contributed by atoms with Gasteiger partial charge >= 0.3 is 0 Å². The van der Waals surface area contributed by atoms with Crippen LogP contribution in [0, 0.1) is 0 Å². The van der Waals surface area contributed by atoms with Gasteiger partial charge in [0.1, 0.15) is 0 Å². The van der Waals surface area contributed by atoms with Gasteiger partial charge in [-0.25, -0.2) is 0 Å². The lowest BCUT2D eigenvalue weighted by molar-refractivity contribution is 0.0951. The number of unbranched alkanes of at least 4 members (excludes halogenated alkanes) is 1. The molecule has 3 rings (SSSR count). The molecule has 4 nitrogen and oxygen atoms in total. The lowest BCUT2D eigenvalue weighted by Crippen LogP contribution is -2.26. The summed E-state index contributed by atoms with van der Waals surface area (Å²) in [4.78, 5) is 16.8. The summed E-state index contributed by atoms with van der Waals surface area (Å²) in [5, 5.41) is 6.44. The Bertz CT molecular complexity index is 651. The third-order valence-electron chi connectivity index (χ3n) is 4.58. The van der Waals surface area contributed by atoms with E-state index in [0.29, 0.717) is 12.5 Å². The van der Waals surface area contributed by atoms with Crippen molar-refractivity contribution in [3.63, 3.8) is 0 Å². The number of aromatic nitrogens is 1. The molecule has 1 aromatic heterocycles. The minimum Gasteiger partial charge on any atom is -0.352 e. The summed E-state index contributed by atoms with van der Waals surface area (Å²) in [6, 6.07) is 14.0. The van der Waals surface area contributed by atoms with Crippen molar-refractivity contribution in [1.29, 1.82) is 0 Å². The second-order valence-corrected chi connectivity index (χ2v) is 6.31. The Morgan fingerprint density at radius 2 is 2.04 bits per heavy atom. The van der Waals surface area contributed by atoms with Crippen LogP contribution in [0.2, 0.25) is 0 Å². The third kappa shape index (κ3) is 4.42. The van der Waals surface area contributed by atoms with Gasteiger partial charge in [-0.15, -0.1) is 0 Å². The first-order valence-electron chi connectivity index (χ1n) is 8.82. The van der Waals surface area contributed by atoms with Crippen molar-refractivity contribution in [3.05, 3.63) is 65.5 Å². The molecule has 2 aromatic rings. The number of hydrogen-bond donors (Lipinski definition) is 2. The first-order valence-corrected chi connectivity index (χ1v) is 8.82. The molecule has 2 N–H and O–H groups in total. The minimum atomic E-state index is 0.0512. The number of carbonyl (C=O) groups excluding carboxylic acids is 1. The predicted octanol–water partition coefficient (Wildman–Crippen LogP) is 2.91. The summed E-state index contributed by atoms with van der Waals surface area (Å²) >= 11 is 0. The molecule has 1 saturated heterocycles. The van der Waals surface area contributed by atoms with Crippen molar-refractivity contribution in [2.45, 2.75) is 31.6 Å². The lowest BCUT2D eigenvalue weighted by atomic mass is 9.93. The van der Waals surface area contributed by atoms with E-state index in [4.69, 9.17) is 0 Å². The second-order valence-electron chi connectivity index (χ2n) is 6.31. The molecule has 2 heterocycles. The van der Waals surface area contributed by atoms with Crippen molar-refractivity contribution in [2.75, 3.05) is 19.6 Å². The standard InChI is InChI=1S/C20H25N3O/c24-20(23-13-6-4-8-17-7-3-5-12-22-17)19-10-2-1-9-18(19)16-11-14-21-15-16/h1-3,5,7,9-10,12,16,21H,4,6,8,11,13-15H2,(H,23,24). The highest BCUT2D eigenvalue weighted by Crippen LogP contribution is 2.25. The van der Waals surface area contributed by atoms with Crippen LogP contribution in [0.5, 0.6) is 0 Å². The Balaban J connectivity index is 1.47. The average molecular weight is 323 g/mol. The average Bonchev–Trinajstić information content (AvgIpc) is 3.17. The van der Waals surface area contributed by atoms with Crippen molar-refractivity contribution in [3.8, 4) is 0 Å². The van der Waals surface area contributed by atoms with Crippen LogP contribution >= 0.6 is 0 Å². The van der Waals surface area contributed by atoms with Crippen LogP contribution in [0.4, 0.5) is 0 Å². The van der Waals surface area contributed by atoms with Crippen LogP contribution in [0.15, 0.2) is 48.7 Å². The molecule has 0 aliphatic carbocycles. The summed E-state index contributed by atoms with van der Waals surface area (Å²) in [5.74, 6) is 0.506. The van der Waals surface area contributed by atoms with Crippen LogP contribution in [0.3, 0.4) is 0 Å². The minimum absolute atomic E-state index is 0.0512. The first-order chi connectivity index (χ1) is 11.8. The van der Waals surface area contributed by atoms with Gasteiger partial charge in [0.15, 0.2) is 0 Å². The molecule has 4 heteroatoms. The maximum Gasteiger partial charge on any atom is 0.251 e. The Labute approximate surface area is 143 Å². The largest absolute Gasteiger partial charge is 0.352 e. The number of nitrogens with zero attached hydrogens (tertiary/aromatic N) is 1. The van der Waals surface area contributed by atoms with Crippen LogP contribution in [0.25, 0.3) is 0 Å². The van der Waals surface area contributed by atoms with E-state index in [0.717, 1.165) is 50.0 Å². The number of aryl methyl sites for hydroxylation is 1. The number of rotatable bonds is 7. The summed E-state index contributed by atoms with van der Waals surface area (Å²) in [6.45, 7) is 2.71. The highest BCUT2D eigenvalue weighted by Gasteiger charge is 2.21. The van der Waals surface area contributed by atoms with Crippen LogP contribution in [0.1, 0.15) is 46.8 Å². The van der Waals surface area contributed by atoms with Crippen molar-refractivity contribution >= 4 is 5.91 Å². The molecular weight excluding hydrogens is 298 g/mol. The van der Waals surface area contributed by atoms with Gasteiger partial charge in [-0.3, -0.25) is 9.78 Å². The number of carbonyl (C=O) groups is 1. The van der Waals surface area contributed by atoms with E-state index in [1.54, 1.807) is 0 Å². The molecule has 1 fully saturated rings. The SMILES string of the molecule is O=C(NCCCCc1ccccn1)c1ccccc1C1CCNC1. The number of benzene rings is 1. The van der Waals surface area contributed by atoms with Gasteiger partial charge in [0.2, 0.25) is 0 Å². The molecule has 126 valence electrons. The molecule has 1 aromatic carbocycles. The van der Waals surface area contributed by atoms with Crippen LogP contribution in [-0.4, -0.2) is 30.5 Å². The third-order valence-corrected chi connectivity index (χ3v) is 4.58. The molecule has 0 bridgehead atoms. The van der Waals surface area contributed by atoms with Gasteiger partial charge in [-0.1, -0.05) is 24.3 Å². The Hall–Kier alpha value is -2.20. The zero-order chi connectivity index (χ0) is 16.6. The monoisotopic (exact) mass is 323 g/mol. The van der Waals surface area contributed by atoms with Gasteiger partial charge in [0.25, 0.3) is 5.91 Å². The molecular formula is C20H25N3O. The zero-order valence-electron chi connectivity index (χ0n) is 14.0. The zero-order valence-corrected chi connectivity index (χ0v) is 14.0. The van der Waals surface area contributed by atoms with E-state index in [1.165, 1.54) is 5.56 Å². The topological polar surface area (TPSA) is 54.0 Å². The Morgan fingerprint density at radius 1 is 1.17 bits per heavy atom. The number of pyridine rings is 1. The van der Waals surface area contributed by atoms with Gasteiger partial charge in [0, 0.05) is 30.5 Å². The molecule has 1 amide bonds. The normalized spacial score (nSPS) is 16.9. The highest BCUT2D eigenvalue weighted by molar-refractivity contribution is 5.95. The number of nitrogens with one attached hydrogen (secondary N) is 2. The van der Waals surface area contributed by atoms with E-state index in [1.807, 2.05) is 42.6 Å². The van der Waals surface area contributed by atoms with Crippen molar-refractivity contribution in [2.24, 2.45) is 0 Å². The first kappa shape index (κ1) is 16.7. The summed E-state index contributed by atoms with van der Waals surface area (Å²) in [5.41, 5.74) is 3.12. The van der Waals surface area contributed by atoms with Gasteiger partial charge in [-0.2, -0.15) is 0 Å². The summed E-state index contributed by atoms with van der Waals surface area (Å²) in [6.07, 6.45) is 5.89. The van der Waals surface area contributed by atoms with E-state index in [2.05, 4.69) is 21.7 Å². The van der Waals surface area contributed by atoms with Gasteiger partial charge < -0.3 is 10.6 Å². The molecule has 1 unspecified atom stereocenters. The smallest absolute Gasteiger partial charge is 0.251 e. The maximum absolute atomic E-state index is 12.5. The van der Waals surface area contributed by atoms with Crippen LogP contribution in [-0.2, 0) is 6.42 Å². The molecule has 24 heavy (non-hydrogen) atoms. The van der Waals surface area contributed by atoms with Crippen molar-refractivity contribution in [1.82, 2.24) is 15.6 Å². The molecule has 1 aliphatic rings. The second kappa shape index (κ2) is 8.60. The summed E-state index contributed by atoms with van der Waals surface area (Å²) < 4.78 is 0. The molecule has 1 atom stereocenters. The summed E-state index contributed by atoms with van der Waals surface area (Å²) in [7, 11) is 0. The van der Waals surface area contributed by atoms with E-state index >= 15 is 0 Å². The molecule has 0 radical (unpaired) electrons. The van der Waals surface area contributed by atoms with E-state index in [9.17, 15) is 4.79 Å². The fourth-order valence-corrected chi connectivity index (χ4v) is 3.25. The fourth-order valence-electron chi connectivity index (χ4n) is 3.25. The quantitative estimate of drug-likeness (QED) is 0.770. The Kier molecular flexibility index (Phi) is 5.96. The van der Waals surface area contributed by atoms with E-state index < -0.39 is 0 Å². The number of hydrogen-bond acceptors (Lipinski definition) is 3. The molecule has 0 saturated carbocycles. The fraction of sp³-hybridized carbons (Fsp3) is 0.400. The van der Waals surface area contributed by atoms with Gasteiger partial charge in [-0.05, 0) is 61.9 Å². The van der Waals surface area contributed by atoms with E-state index in [-0.39, 0.29) is 5.91 Å².